The maximum atomic E-state index is 14.2. The highest BCUT2D eigenvalue weighted by molar-refractivity contribution is 7.71. The van der Waals surface area contributed by atoms with E-state index in [9.17, 15) is 8.78 Å². The van der Waals surface area contributed by atoms with Gasteiger partial charge in [-0.15, -0.1) is 0 Å². The summed E-state index contributed by atoms with van der Waals surface area (Å²) < 4.78 is 30.6. The van der Waals surface area contributed by atoms with Gasteiger partial charge in [0.25, 0.3) is 0 Å². The van der Waals surface area contributed by atoms with Crippen LogP contribution in [0.5, 0.6) is 0 Å². The molecule has 0 saturated carbocycles. The second-order valence-corrected chi connectivity index (χ2v) is 6.60. The van der Waals surface area contributed by atoms with Crippen molar-refractivity contribution in [2.75, 3.05) is 0 Å². The number of aromatic nitrogens is 3. The fraction of sp³-hybridized carbons (Fsp3) is 0.125. The number of halogens is 2. The van der Waals surface area contributed by atoms with E-state index in [0.29, 0.717) is 22.1 Å². The van der Waals surface area contributed by atoms with Gasteiger partial charge in [-0.2, -0.15) is 0 Å². The lowest BCUT2D eigenvalue weighted by atomic mass is 10.0. The summed E-state index contributed by atoms with van der Waals surface area (Å²) >= 11 is 5.10. The predicted molar refractivity (Wildman–Crippen MR) is 87.8 cm³/mol. The van der Waals surface area contributed by atoms with Crippen molar-refractivity contribution >= 4 is 21.7 Å². The summed E-state index contributed by atoms with van der Waals surface area (Å²) in [6.45, 7) is 0. The number of nitrogens with one attached hydrogen (secondary N) is 1. The minimum Gasteiger partial charge on any atom is -0.286 e. The van der Waals surface area contributed by atoms with Crippen molar-refractivity contribution < 1.29 is 8.78 Å². The average molecular weight is 345 g/mol. The van der Waals surface area contributed by atoms with Crippen LogP contribution in [-0.4, -0.2) is 24.3 Å². The van der Waals surface area contributed by atoms with Crippen LogP contribution in [0.2, 0.25) is 0 Å². The van der Waals surface area contributed by atoms with E-state index in [-0.39, 0.29) is 26.7 Å². The first-order valence-corrected chi connectivity index (χ1v) is 8.68. The van der Waals surface area contributed by atoms with Crippen LogP contribution in [0.25, 0.3) is 0 Å². The van der Waals surface area contributed by atoms with Crippen molar-refractivity contribution in [2.24, 2.45) is 0 Å². The molecule has 1 N–H and O–H groups in total. The molecule has 0 aliphatic heterocycles. The quantitative estimate of drug-likeness (QED) is 0.565. The second-order valence-electron chi connectivity index (χ2n) is 4.94. The fourth-order valence-electron chi connectivity index (χ4n) is 2.38. The molecule has 2 aromatic carbocycles. The van der Waals surface area contributed by atoms with Crippen LogP contribution in [-0.2, 0) is 6.17 Å². The minimum atomic E-state index is -0.373. The maximum absolute atomic E-state index is 14.2. The van der Waals surface area contributed by atoms with Crippen LogP contribution < -0.4 is 0 Å². The highest BCUT2D eigenvalue weighted by Gasteiger charge is 2.21. The van der Waals surface area contributed by atoms with Crippen LogP contribution in [0.1, 0.15) is 16.7 Å². The molecule has 7 heteroatoms. The molecule has 3 rings (SSSR count). The minimum absolute atomic E-state index is 0.207. The topological polar surface area (TPSA) is 33.6 Å². The Hall–Kier alpha value is -2.12. The Morgan fingerprint density at radius 3 is 2.09 bits per heavy atom. The van der Waals surface area contributed by atoms with Gasteiger partial charge in [-0.3, -0.25) is 9.78 Å². The number of H-pyrrole nitrogens is 1. The van der Waals surface area contributed by atoms with Gasteiger partial charge >= 0.3 is 0 Å². The van der Waals surface area contributed by atoms with Crippen molar-refractivity contribution in [1.29, 1.82) is 0 Å². The van der Waals surface area contributed by atoms with Crippen molar-refractivity contribution in [3.05, 3.63) is 82.4 Å². The van der Waals surface area contributed by atoms with Gasteiger partial charge in [0.15, 0.2) is 0 Å². The fourth-order valence-corrected chi connectivity index (χ4v) is 4.18. The van der Waals surface area contributed by atoms with Crippen molar-refractivity contribution in [1.82, 2.24) is 14.8 Å². The van der Waals surface area contributed by atoms with Gasteiger partial charge in [0, 0.05) is 11.7 Å². The van der Waals surface area contributed by atoms with Crippen LogP contribution in [0.4, 0.5) is 8.78 Å². The van der Waals surface area contributed by atoms with Gasteiger partial charge in [-0.1, -0.05) is 36.4 Å². The first kappa shape index (κ1) is 15.8. The van der Waals surface area contributed by atoms with E-state index in [2.05, 4.69) is 10.1 Å². The Bertz CT molecular complexity index is 817. The molecule has 0 aliphatic rings. The van der Waals surface area contributed by atoms with Crippen molar-refractivity contribution in [3.63, 3.8) is 0 Å². The zero-order valence-corrected chi connectivity index (χ0v) is 13.9. The third-order valence-corrected chi connectivity index (χ3v) is 5.36. The first-order valence-electron chi connectivity index (χ1n) is 6.99. The Morgan fingerprint density at radius 1 is 1.04 bits per heavy atom. The molecule has 0 unspecified atom stereocenters. The zero-order chi connectivity index (χ0) is 16.2. The normalized spacial score (nSPS) is 11.1. The summed E-state index contributed by atoms with van der Waals surface area (Å²) in [5.41, 5.74) is 0.603. The molecule has 0 fully saturated rings. The van der Waals surface area contributed by atoms with Crippen LogP contribution in [0, 0.1) is 16.4 Å². The molecule has 0 atom stereocenters. The molecule has 23 heavy (non-hydrogen) atoms. The van der Waals surface area contributed by atoms with Crippen LogP contribution >= 0.6 is 12.2 Å². The third-order valence-electron chi connectivity index (χ3n) is 3.51. The molecular formula is C16H13F2N3SSi. The lowest BCUT2D eigenvalue weighted by molar-refractivity contribution is 0.593. The van der Waals surface area contributed by atoms with Gasteiger partial charge in [0.1, 0.15) is 18.0 Å². The molecule has 116 valence electrons. The largest absolute Gasteiger partial charge is 0.286 e. The summed E-state index contributed by atoms with van der Waals surface area (Å²) in [5.74, 6) is -0.664. The van der Waals surface area contributed by atoms with Gasteiger partial charge in [-0.05, 0) is 35.5 Å². The highest BCUT2D eigenvalue weighted by atomic mass is 32.1. The molecule has 0 aliphatic carbocycles. The summed E-state index contributed by atoms with van der Waals surface area (Å²) in [4.78, 5) is 3.95. The molecule has 0 saturated heterocycles. The number of benzene rings is 2. The Morgan fingerprint density at radius 2 is 1.61 bits per heavy atom. The smallest absolute Gasteiger partial charge is 0.215 e. The van der Waals surface area contributed by atoms with Crippen LogP contribution in [0.15, 0.2) is 54.9 Å². The Kier molecular flexibility index (Phi) is 4.78. The van der Waals surface area contributed by atoms with Crippen molar-refractivity contribution in [3.8, 4) is 0 Å². The van der Waals surface area contributed by atoms with Crippen LogP contribution in [0.3, 0.4) is 0 Å². The average Bonchev–Trinajstić information content (AvgIpc) is 2.96. The predicted octanol–water partition coefficient (Wildman–Crippen LogP) is 3.67. The van der Waals surface area contributed by atoms with Gasteiger partial charge in [0.05, 0.1) is 9.52 Å². The molecule has 3 aromatic rings. The highest BCUT2D eigenvalue weighted by Crippen LogP contribution is 2.28. The van der Waals surface area contributed by atoms with Crippen molar-refractivity contribution in [2.45, 2.75) is 11.7 Å². The third kappa shape index (κ3) is 3.46. The van der Waals surface area contributed by atoms with E-state index in [0.717, 1.165) is 0 Å². The maximum Gasteiger partial charge on any atom is 0.215 e. The van der Waals surface area contributed by atoms with E-state index < -0.39 is 0 Å². The van der Waals surface area contributed by atoms with Gasteiger partial charge in [0.2, 0.25) is 4.77 Å². The summed E-state index contributed by atoms with van der Waals surface area (Å²) in [6.07, 6.45) is 2.03. The van der Waals surface area contributed by atoms with E-state index in [1.54, 1.807) is 41.1 Å². The number of hydrogen-bond acceptors (Lipinski definition) is 2. The van der Waals surface area contributed by atoms with E-state index >= 15 is 0 Å². The monoisotopic (exact) mass is 345 g/mol. The molecule has 0 amide bonds. The van der Waals surface area contributed by atoms with E-state index in [4.69, 9.17) is 12.2 Å². The molecule has 3 nitrogen and oxygen atoms in total. The zero-order valence-electron chi connectivity index (χ0n) is 12.0. The molecule has 1 aromatic heterocycles. The summed E-state index contributed by atoms with van der Waals surface area (Å²) in [7, 11) is 0.207. The molecular weight excluding hydrogens is 332 g/mol. The Labute approximate surface area is 139 Å². The van der Waals surface area contributed by atoms with Gasteiger partial charge in [-0.25, -0.2) is 13.8 Å². The number of rotatable bonds is 5. The molecule has 2 radical (unpaired) electrons. The molecule has 1 heterocycles. The lowest BCUT2D eigenvalue weighted by Crippen LogP contribution is -2.19. The Balaban J connectivity index is 1.97. The molecule has 0 bridgehead atoms. The SMILES string of the molecule is Fc1ccccc1C([Si]Cn1[nH]cnc1=S)c1ccccc1F. The standard InChI is InChI=1S/C16H13F2N3SSi/c17-13-7-3-1-5-11(13)15(12-6-2-4-8-14(12)18)23-10-21-16(22)19-9-20-21/h1-9,15H,10H2,(H,19,20,22). The second kappa shape index (κ2) is 6.97. The van der Waals surface area contributed by atoms with Gasteiger partial charge < -0.3 is 0 Å². The number of aromatic amines is 1. The molecule has 0 spiro atoms. The summed E-state index contributed by atoms with van der Waals surface area (Å²) in [5, 5.41) is 2.91. The lowest BCUT2D eigenvalue weighted by Gasteiger charge is -2.18. The summed E-state index contributed by atoms with van der Waals surface area (Å²) in [6, 6.07) is 13.0. The number of hydrogen-bond donors (Lipinski definition) is 1. The first-order chi connectivity index (χ1) is 11.2. The van der Waals surface area contributed by atoms with E-state index in [1.165, 1.54) is 18.5 Å². The number of nitrogens with zero attached hydrogens (tertiary/aromatic N) is 2. The van der Waals surface area contributed by atoms with E-state index in [1.807, 2.05) is 0 Å².